The summed E-state index contributed by atoms with van der Waals surface area (Å²) < 4.78 is 33.2. The Morgan fingerprint density at radius 3 is 2.38 bits per heavy atom. The quantitative estimate of drug-likeness (QED) is 0.213. The Bertz CT molecular complexity index is 1460. The van der Waals surface area contributed by atoms with E-state index in [1.165, 1.54) is 12.1 Å². The zero-order chi connectivity index (χ0) is 27.0. The lowest BCUT2D eigenvalue weighted by Crippen LogP contribution is -2.35. The van der Waals surface area contributed by atoms with Crippen LogP contribution in [0.2, 0.25) is 0 Å². The molecule has 0 aliphatic carbocycles. The van der Waals surface area contributed by atoms with Crippen LogP contribution in [0.1, 0.15) is 11.3 Å². The fraction of sp³-hybridized carbons (Fsp3) is 0.194. The molecule has 1 atom stereocenters. The fourth-order valence-corrected chi connectivity index (χ4v) is 4.38. The largest absolute Gasteiger partial charge is 0.491 e. The predicted octanol–water partition coefficient (Wildman–Crippen LogP) is 6.05. The zero-order valence-electron chi connectivity index (χ0n) is 21.6. The Labute approximate surface area is 226 Å². The van der Waals surface area contributed by atoms with Gasteiger partial charge in [0.05, 0.1) is 18.4 Å². The highest BCUT2D eigenvalue weighted by atomic mass is 19.1. The maximum atomic E-state index is 13.9. The first kappa shape index (κ1) is 26.2. The molecule has 0 saturated heterocycles. The van der Waals surface area contributed by atoms with Crippen LogP contribution in [0.3, 0.4) is 0 Å². The summed E-state index contributed by atoms with van der Waals surface area (Å²) in [6, 6.07) is 28.9. The molecule has 0 unspecified atom stereocenters. The van der Waals surface area contributed by atoms with Gasteiger partial charge in [0.25, 0.3) is 0 Å². The lowest BCUT2D eigenvalue weighted by atomic mass is 10.1. The molecule has 3 aromatic carbocycles. The second-order valence-electron chi connectivity index (χ2n) is 9.21. The highest BCUT2D eigenvalue weighted by Gasteiger charge is 2.24. The third kappa shape index (κ3) is 6.93. The number of benzene rings is 3. The Morgan fingerprint density at radius 2 is 1.67 bits per heavy atom. The first-order chi connectivity index (χ1) is 19.0. The number of aryl methyl sites for hydroxylation is 1. The van der Waals surface area contributed by atoms with Crippen LogP contribution in [0.25, 0.3) is 11.3 Å². The van der Waals surface area contributed by atoms with Crippen LogP contribution in [0.5, 0.6) is 17.4 Å². The molecule has 2 heterocycles. The molecular formula is C31H30FN3O4. The van der Waals surface area contributed by atoms with Crippen molar-refractivity contribution in [2.24, 2.45) is 7.05 Å². The lowest BCUT2D eigenvalue weighted by Gasteiger charge is -2.25. The molecule has 0 aliphatic rings. The van der Waals surface area contributed by atoms with Crippen LogP contribution in [-0.4, -0.2) is 39.0 Å². The zero-order valence-corrected chi connectivity index (χ0v) is 21.6. The highest BCUT2D eigenvalue weighted by molar-refractivity contribution is 5.65. The minimum absolute atomic E-state index is 0.129. The summed E-state index contributed by atoms with van der Waals surface area (Å²) in [5.41, 5.74) is 2.46. The number of ether oxygens (including phenoxy) is 2. The summed E-state index contributed by atoms with van der Waals surface area (Å²) in [6.07, 6.45) is 0.852. The monoisotopic (exact) mass is 527 g/mol. The van der Waals surface area contributed by atoms with Gasteiger partial charge in [-0.05, 0) is 36.4 Å². The molecule has 200 valence electrons. The smallest absolute Gasteiger partial charge is 0.222 e. The fourth-order valence-electron chi connectivity index (χ4n) is 4.38. The third-order valence-electron chi connectivity index (χ3n) is 6.14. The molecule has 0 radical (unpaired) electrons. The first-order valence-electron chi connectivity index (χ1n) is 12.7. The van der Waals surface area contributed by atoms with Gasteiger partial charge in [0.2, 0.25) is 5.88 Å². The molecular weight excluding hydrogens is 497 g/mol. The molecule has 5 aromatic rings. The van der Waals surface area contributed by atoms with Gasteiger partial charge in [-0.25, -0.2) is 9.07 Å². The molecule has 5 rings (SSSR count). The van der Waals surface area contributed by atoms with Gasteiger partial charge < -0.3 is 19.0 Å². The van der Waals surface area contributed by atoms with Crippen molar-refractivity contribution in [1.29, 1.82) is 0 Å². The van der Waals surface area contributed by atoms with Gasteiger partial charge in [0.1, 0.15) is 41.5 Å². The van der Waals surface area contributed by atoms with Crippen LogP contribution in [0, 0.1) is 5.82 Å². The second kappa shape index (κ2) is 12.4. The number of para-hydroxylation sites is 1. The average molecular weight is 528 g/mol. The summed E-state index contributed by atoms with van der Waals surface area (Å²) in [4.78, 5) is 2.06. The van der Waals surface area contributed by atoms with E-state index in [-0.39, 0.29) is 12.4 Å². The van der Waals surface area contributed by atoms with E-state index in [0.717, 1.165) is 22.6 Å². The van der Waals surface area contributed by atoms with Gasteiger partial charge >= 0.3 is 0 Å². The van der Waals surface area contributed by atoms with Crippen LogP contribution in [0.4, 0.5) is 4.39 Å². The number of hydrogen-bond donors (Lipinski definition) is 1. The van der Waals surface area contributed by atoms with Crippen molar-refractivity contribution < 1.29 is 23.4 Å². The summed E-state index contributed by atoms with van der Waals surface area (Å²) in [5.74, 6) is 1.91. The van der Waals surface area contributed by atoms with Gasteiger partial charge in [0, 0.05) is 31.8 Å². The Hall–Kier alpha value is -4.40. The van der Waals surface area contributed by atoms with Crippen LogP contribution >= 0.6 is 0 Å². The van der Waals surface area contributed by atoms with Gasteiger partial charge in [-0.3, -0.25) is 4.90 Å². The van der Waals surface area contributed by atoms with Gasteiger partial charge in [-0.15, -0.1) is 0 Å². The molecule has 1 N–H and O–H groups in total. The Kier molecular flexibility index (Phi) is 8.36. The van der Waals surface area contributed by atoms with Crippen LogP contribution < -0.4 is 9.47 Å². The topological polar surface area (TPSA) is 72.9 Å². The van der Waals surface area contributed by atoms with Gasteiger partial charge in [0.15, 0.2) is 0 Å². The number of aromatic nitrogens is 2. The van der Waals surface area contributed by atoms with Crippen LogP contribution in [-0.2, 0) is 20.1 Å². The van der Waals surface area contributed by atoms with E-state index in [1.807, 2.05) is 72.8 Å². The summed E-state index contributed by atoms with van der Waals surface area (Å²) in [7, 11) is 1.80. The third-order valence-corrected chi connectivity index (χ3v) is 6.14. The summed E-state index contributed by atoms with van der Waals surface area (Å²) in [5, 5.41) is 15.7. The van der Waals surface area contributed by atoms with E-state index in [2.05, 4.69) is 4.90 Å². The molecule has 0 aliphatic heterocycles. The maximum Gasteiger partial charge on any atom is 0.222 e. The molecule has 0 saturated carbocycles. The van der Waals surface area contributed by atoms with Crippen molar-refractivity contribution in [2.75, 3.05) is 13.2 Å². The molecule has 2 aromatic heterocycles. The number of furan rings is 1. The first-order valence-corrected chi connectivity index (χ1v) is 12.7. The van der Waals surface area contributed by atoms with Gasteiger partial charge in [-0.2, -0.15) is 5.10 Å². The number of aliphatic hydroxyl groups excluding tert-OH is 1. The van der Waals surface area contributed by atoms with E-state index in [0.29, 0.717) is 37.0 Å². The molecule has 39 heavy (non-hydrogen) atoms. The van der Waals surface area contributed by atoms with E-state index in [1.54, 1.807) is 30.1 Å². The van der Waals surface area contributed by atoms with Crippen molar-refractivity contribution in [3.05, 3.63) is 120 Å². The minimum atomic E-state index is -0.774. The van der Waals surface area contributed by atoms with Crippen molar-refractivity contribution in [2.45, 2.75) is 19.2 Å². The number of nitrogens with zero attached hydrogens (tertiary/aromatic N) is 3. The molecule has 0 bridgehead atoms. The Morgan fingerprint density at radius 1 is 0.923 bits per heavy atom. The van der Waals surface area contributed by atoms with Gasteiger partial charge in [-0.1, -0.05) is 54.6 Å². The standard InChI is InChI=1S/C31H30FN3O4/c1-34-31(39-27-15-8-12-24(32)18-27)29(30(33-34)23-10-4-2-5-11-23)21-35(20-28-16-9-17-37-28)19-25(36)22-38-26-13-6-3-7-14-26/h2-18,25,36H,19-22H2,1H3/t25-/m0/s1. The molecule has 0 amide bonds. The highest BCUT2D eigenvalue weighted by Crippen LogP contribution is 2.34. The van der Waals surface area contributed by atoms with Crippen LogP contribution in [0.15, 0.2) is 108 Å². The summed E-state index contributed by atoms with van der Waals surface area (Å²) >= 11 is 0. The molecule has 8 heteroatoms. The number of rotatable bonds is 12. The lowest BCUT2D eigenvalue weighted by molar-refractivity contribution is 0.0602. The molecule has 0 fully saturated rings. The van der Waals surface area contributed by atoms with Crippen molar-refractivity contribution in [1.82, 2.24) is 14.7 Å². The van der Waals surface area contributed by atoms with Crippen molar-refractivity contribution >= 4 is 0 Å². The maximum absolute atomic E-state index is 13.9. The molecule has 0 spiro atoms. The number of halogens is 1. The van der Waals surface area contributed by atoms with E-state index in [9.17, 15) is 9.50 Å². The minimum Gasteiger partial charge on any atom is -0.491 e. The van der Waals surface area contributed by atoms with Crippen molar-refractivity contribution in [3.63, 3.8) is 0 Å². The van der Waals surface area contributed by atoms with E-state index < -0.39 is 6.10 Å². The van der Waals surface area contributed by atoms with E-state index >= 15 is 0 Å². The SMILES string of the molecule is Cn1nc(-c2ccccc2)c(CN(Cc2ccco2)C[C@H](O)COc2ccccc2)c1Oc1cccc(F)c1. The second-order valence-corrected chi connectivity index (χ2v) is 9.21. The summed E-state index contributed by atoms with van der Waals surface area (Å²) in [6.45, 7) is 1.25. The average Bonchev–Trinajstić information content (AvgIpc) is 3.57. The number of hydrogen-bond acceptors (Lipinski definition) is 6. The van der Waals surface area contributed by atoms with Crippen molar-refractivity contribution in [3.8, 4) is 28.6 Å². The normalized spacial score (nSPS) is 12.0. The molecule has 7 nitrogen and oxygen atoms in total. The predicted molar refractivity (Wildman–Crippen MR) is 146 cm³/mol. The number of aliphatic hydroxyl groups is 1. The van der Waals surface area contributed by atoms with E-state index in [4.69, 9.17) is 19.0 Å². The Balaban J connectivity index is 1.44.